The van der Waals surface area contributed by atoms with E-state index in [0.29, 0.717) is 16.9 Å². The zero-order chi connectivity index (χ0) is 15.1. The normalized spacial score (nSPS) is 9.90. The third-order valence-corrected chi connectivity index (χ3v) is 3.00. The summed E-state index contributed by atoms with van der Waals surface area (Å²) in [6, 6.07) is 16.1. The number of benzene rings is 2. The molecular formula is C18H16O3. The Morgan fingerprint density at radius 3 is 2.38 bits per heavy atom. The maximum atomic E-state index is 12.5. The van der Waals surface area contributed by atoms with Crippen molar-refractivity contribution in [2.45, 2.75) is 6.42 Å². The number of ketones is 2. The van der Waals surface area contributed by atoms with E-state index in [4.69, 9.17) is 4.74 Å². The van der Waals surface area contributed by atoms with Gasteiger partial charge in [0.1, 0.15) is 5.75 Å². The Labute approximate surface area is 123 Å². The Morgan fingerprint density at radius 2 is 1.67 bits per heavy atom. The minimum atomic E-state index is -0.0961. The fourth-order valence-corrected chi connectivity index (χ4v) is 1.89. The fourth-order valence-electron chi connectivity index (χ4n) is 1.89. The van der Waals surface area contributed by atoms with Crippen molar-refractivity contribution in [1.29, 1.82) is 0 Å². The van der Waals surface area contributed by atoms with E-state index in [1.165, 1.54) is 6.08 Å². The predicted octanol–water partition coefficient (Wildman–Crippen LogP) is 3.44. The van der Waals surface area contributed by atoms with Crippen LogP contribution in [0.15, 0.2) is 67.3 Å². The van der Waals surface area contributed by atoms with Crippen molar-refractivity contribution in [1.82, 2.24) is 0 Å². The molecule has 21 heavy (non-hydrogen) atoms. The highest BCUT2D eigenvalue weighted by Gasteiger charge is 2.14. The summed E-state index contributed by atoms with van der Waals surface area (Å²) in [5, 5.41) is 0. The molecule has 0 fully saturated rings. The first kappa shape index (κ1) is 14.7. The molecule has 3 nitrogen and oxygen atoms in total. The molecule has 0 saturated heterocycles. The second kappa shape index (κ2) is 7.20. The first-order valence-corrected chi connectivity index (χ1v) is 6.69. The van der Waals surface area contributed by atoms with Crippen LogP contribution in [0.4, 0.5) is 0 Å². The third-order valence-electron chi connectivity index (χ3n) is 3.00. The number of allylic oxidation sites excluding steroid dienone is 1. The molecule has 0 bridgehead atoms. The van der Waals surface area contributed by atoms with Crippen molar-refractivity contribution in [2.24, 2.45) is 0 Å². The first-order chi connectivity index (χ1) is 10.2. The molecule has 3 heteroatoms. The molecule has 0 amide bonds. The highest BCUT2D eigenvalue weighted by molar-refractivity contribution is 6.10. The van der Waals surface area contributed by atoms with Crippen molar-refractivity contribution < 1.29 is 14.3 Å². The van der Waals surface area contributed by atoms with Crippen molar-refractivity contribution in [3.05, 3.63) is 78.4 Å². The van der Waals surface area contributed by atoms with E-state index >= 15 is 0 Å². The molecule has 0 spiro atoms. The van der Waals surface area contributed by atoms with Gasteiger partial charge in [0.25, 0.3) is 0 Å². The summed E-state index contributed by atoms with van der Waals surface area (Å²) in [4.78, 5) is 23.6. The molecule has 0 aliphatic heterocycles. The SMILES string of the molecule is C=CC(=O)CCOc1ccccc1C(=O)c1ccccc1. The van der Waals surface area contributed by atoms with Gasteiger partial charge >= 0.3 is 0 Å². The van der Waals surface area contributed by atoms with Crippen LogP contribution in [-0.4, -0.2) is 18.2 Å². The molecular weight excluding hydrogens is 264 g/mol. The van der Waals surface area contributed by atoms with E-state index < -0.39 is 0 Å². The van der Waals surface area contributed by atoms with Gasteiger partial charge in [-0.1, -0.05) is 49.0 Å². The molecule has 0 radical (unpaired) electrons. The summed E-state index contributed by atoms with van der Waals surface area (Å²) in [7, 11) is 0. The number of rotatable bonds is 7. The molecule has 0 unspecified atom stereocenters. The summed E-state index contributed by atoms with van der Waals surface area (Å²) in [6.07, 6.45) is 1.52. The van der Waals surface area contributed by atoms with Crippen LogP contribution in [0.25, 0.3) is 0 Å². The van der Waals surface area contributed by atoms with Crippen LogP contribution >= 0.6 is 0 Å². The van der Waals surface area contributed by atoms with Crippen LogP contribution in [0.5, 0.6) is 5.75 Å². The second-order valence-corrected chi connectivity index (χ2v) is 4.46. The molecule has 0 aliphatic rings. The molecule has 2 rings (SSSR count). The molecule has 106 valence electrons. The van der Waals surface area contributed by atoms with E-state index in [1.807, 2.05) is 18.2 Å². The van der Waals surface area contributed by atoms with Crippen molar-refractivity contribution in [3.63, 3.8) is 0 Å². The van der Waals surface area contributed by atoms with Gasteiger partial charge in [0.05, 0.1) is 12.2 Å². The number of carbonyl (C=O) groups excluding carboxylic acids is 2. The molecule has 0 atom stereocenters. The van der Waals surface area contributed by atoms with Crippen molar-refractivity contribution >= 4 is 11.6 Å². The fraction of sp³-hybridized carbons (Fsp3) is 0.111. The van der Waals surface area contributed by atoms with Gasteiger partial charge in [-0.2, -0.15) is 0 Å². The van der Waals surface area contributed by atoms with E-state index in [-0.39, 0.29) is 24.6 Å². The third kappa shape index (κ3) is 3.89. The van der Waals surface area contributed by atoms with E-state index in [2.05, 4.69) is 6.58 Å². The van der Waals surface area contributed by atoms with E-state index in [1.54, 1.807) is 36.4 Å². The Balaban J connectivity index is 2.15. The zero-order valence-electron chi connectivity index (χ0n) is 11.6. The van der Waals surface area contributed by atoms with Gasteiger partial charge in [-0.05, 0) is 18.2 Å². The predicted molar refractivity (Wildman–Crippen MR) is 81.6 cm³/mol. The van der Waals surface area contributed by atoms with Crippen LogP contribution in [-0.2, 0) is 4.79 Å². The minimum absolute atomic E-state index is 0.0816. The second-order valence-electron chi connectivity index (χ2n) is 4.46. The Kier molecular flexibility index (Phi) is 5.04. The van der Waals surface area contributed by atoms with Crippen molar-refractivity contribution in [3.8, 4) is 5.75 Å². The summed E-state index contributed by atoms with van der Waals surface area (Å²) < 4.78 is 5.56. The highest BCUT2D eigenvalue weighted by Crippen LogP contribution is 2.21. The highest BCUT2D eigenvalue weighted by atomic mass is 16.5. The Hall–Kier alpha value is -2.68. The molecule has 0 N–H and O–H groups in total. The number of carbonyl (C=O) groups is 2. The Morgan fingerprint density at radius 1 is 1.00 bits per heavy atom. The lowest BCUT2D eigenvalue weighted by Gasteiger charge is -2.10. The lowest BCUT2D eigenvalue weighted by Crippen LogP contribution is -2.08. The maximum Gasteiger partial charge on any atom is 0.196 e. The van der Waals surface area contributed by atoms with Gasteiger partial charge < -0.3 is 4.74 Å². The van der Waals surface area contributed by atoms with Gasteiger partial charge in [0.2, 0.25) is 0 Å². The van der Waals surface area contributed by atoms with Gasteiger partial charge in [0, 0.05) is 12.0 Å². The molecule has 0 heterocycles. The largest absolute Gasteiger partial charge is 0.492 e. The summed E-state index contributed by atoms with van der Waals surface area (Å²) >= 11 is 0. The summed E-state index contributed by atoms with van der Waals surface area (Å²) in [6.45, 7) is 3.64. The van der Waals surface area contributed by atoms with E-state index in [9.17, 15) is 9.59 Å². The monoisotopic (exact) mass is 280 g/mol. The molecule has 0 aromatic heterocycles. The molecule has 2 aromatic carbocycles. The van der Waals surface area contributed by atoms with Crippen LogP contribution < -0.4 is 4.74 Å². The molecule has 0 saturated carbocycles. The smallest absolute Gasteiger partial charge is 0.196 e. The number of para-hydroxylation sites is 1. The minimum Gasteiger partial charge on any atom is -0.492 e. The maximum absolute atomic E-state index is 12.5. The number of hydrogen-bond acceptors (Lipinski definition) is 3. The van der Waals surface area contributed by atoms with Gasteiger partial charge in [0.15, 0.2) is 11.6 Å². The van der Waals surface area contributed by atoms with Crippen LogP contribution in [0, 0.1) is 0 Å². The van der Waals surface area contributed by atoms with E-state index in [0.717, 1.165) is 0 Å². The number of hydrogen-bond donors (Lipinski definition) is 0. The molecule has 0 aliphatic carbocycles. The van der Waals surface area contributed by atoms with Gasteiger partial charge in [-0.3, -0.25) is 9.59 Å². The standard InChI is InChI=1S/C18H16O3/c1-2-15(19)12-13-21-17-11-7-6-10-16(17)18(20)14-8-4-3-5-9-14/h2-11H,1,12-13H2. The Bertz CT molecular complexity index is 645. The quantitative estimate of drug-likeness (QED) is 0.576. The number of ether oxygens (including phenoxy) is 1. The topological polar surface area (TPSA) is 43.4 Å². The first-order valence-electron chi connectivity index (χ1n) is 6.69. The molecule has 2 aromatic rings. The van der Waals surface area contributed by atoms with Crippen LogP contribution in [0.1, 0.15) is 22.3 Å². The van der Waals surface area contributed by atoms with Crippen LogP contribution in [0.2, 0.25) is 0 Å². The zero-order valence-corrected chi connectivity index (χ0v) is 11.6. The lowest BCUT2D eigenvalue weighted by molar-refractivity contribution is -0.115. The van der Waals surface area contributed by atoms with Gasteiger partial charge in [-0.25, -0.2) is 0 Å². The lowest BCUT2D eigenvalue weighted by atomic mass is 10.0. The van der Waals surface area contributed by atoms with Gasteiger partial charge in [-0.15, -0.1) is 0 Å². The average molecular weight is 280 g/mol. The summed E-state index contributed by atoms with van der Waals surface area (Å²) in [5.74, 6) is 0.311. The van der Waals surface area contributed by atoms with Crippen molar-refractivity contribution in [2.75, 3.05) is 6.61 Å². The average Bonchev–Trinajstić information content (AvgIpc) is 2.55. The van der Waals surface area contributed by atoms with Crippen LogP contribution in [0.3, 0.4) is 0 Å². The summed E-state index contributed by atoms with van der Waals surface area (Å²) in [5.41, 5.74) is 1.10.